The lowest BCUT2D eigenvalue weighted by Crippen LogP contribution is -2.62. The van der Waals surface area contributed by atoms with Crippen LogP contribution in [0.2, 0.25) is 0 Å². The SMILES string of the molecule is CN1NC=CC1(C(N)=O)C1CCCN(O)C1. The Hall–Kier alpha value is -1.11. The summed E-state index contributed by atoms with van der Waals surface area (Å²) in [6, 6.07) is 0. The minimum absolute atomic E-state index is 0.0139. The number of carbonyl (C=O) groups is 1. The van der Waals surface area contributed by atoms with Gasteiger partial charge in [-0.15, -0.1) is 0 Å². The number of nitrogens with one attached hydrogen (secondary N) is 1. The fourth-order valence-corrected chi connectivity index (χ4v) is 2.67. The highest BCUT2D eigenvalue weighted by atomic mass is 16.5. The first kappa shape index (κ1) is 11.4. The third-order valence-corrected chi connectivity index (χ3v) is 3.58. The summed E-state index contributed by atoms with van der Waals surface area (Å²) in [5, 5.41) is 12.5. The maximum atomic E-state index is 11.7. The molecule has 1 fully saturated rings. The van der Waals surface area contributed by atoms with Gasteiger partial charge in [0.1, 0.15) is 5.54 Å². The van der Waals surface area contributed by atoms with Crippen molar-refractivity contribution in [2.45, 2.75) is 18.4 Å². The van der Waals surface area contributed by atoms with Crippen LogP contribution in [0.3, 0.4) is 0 Å². The molecule has 0 radical (unpaired) electrons. The molecule has 1 saturated heterocycles. The fourth-order valence-electron chi connectivity index (χ4n) is 2.67. The minimum Gasteiger partial charge on any atom is -0.368 e. The molecule has 0 aromatic rings. The lowest BCUT2D eigenvalue weighted by molar-refractivity contribution is -0.147. The molecule has 0 spiro atoms. The Morgan fingerprint density at radius 2 is 2.44 bits per heavy atom. The molecule has 2 aliphatic heterocycles. The van der Waals surface area contributed by atoms with Crippen LogP contribution < -0.4 is 11.2 Å². The molecule has 2 atom stereocenters. The Labute approximate surface area is 94.6 Å². The van der Waals surface area contributed by atoms with Crippen LogP contribution in [0.4, 0.5) is 0 Å². The van der Waals surface area contributed by atoms with Crippen molar-refractivity contribution in [3.05, 3.63) is 12.3 Å². The van der Waals surface area contributed by atoms with Gasteiger partial charge in [-0.05, 0) is 18.9 Å². The van der Waals surface area contributed by atoms with Gasteiger partial charge in [0.25, 0.3) is 0 Å². The van der Waals surface area contributed by atoms with E-state index in [4.69, 9.17) is 5.73 Å². The van der Waals surface area contributed by atoms with Gasteiger partial charge >= 0.3 is 0 Å². The van der Waals surface area contributed by atoms with Gasteiger partial charge in [-0.1, -0.05) is 0 Å². The summed E-state index contributed by atoms with van der Waals surface area (Å²) >= 11 is 0. The Morgan fingerprint density at radius 1 is 1.69 bits per heavy atom. The van der Waals surface area contributed by atoms with E-state index >= 15 is 0 Å². The number of amides is 1. The number of hydroxylamine groups is 2. The molecule has 0 aliphatic carbocycles. The third kappa shape index (κ3) is 1.59. The van der Waals surface area contributed by atoms with Crippen molar-refractivity contribution in [3.63, 3.8) is 0 Å². The van der Waals surface area contributed by atoms with Crippen LogP contribution in [-0.2, 0) is 4.79 Å². The van der Waals surface area contributed by atoms with E-state index in [1.807, 2.05) is 0 Å². The molecule has 0 bridgehead atoms. The minimum atomic E-state index is -0.818. The number of hydrogen-bond donors (Lipinski definition) is 3. The van der Waals surface area contributed by atoms with Crippen molar-refractivity contribution in [1.82, 2.24) is 15.5 Å². The largest absolute Gasteiger partial charge is 0.368 e. The van der Waals surface area contributed by atoms with Gasteiger partial charge < -0.3 is 16.4 Å². The molecule has 0 saturated carbocycles. The summed E-state index contributed by atoms with van der Waals surface area (Å²) < 4.78 is 0. The number of likely N-dealkylation sites (N-methyl/N-ethyl adjacent to an activating group) is 1. The van der Waals surface area contributed by atoms with E-state index in [1.165, 1.54) is 5.06 Å². The van der Waals surface area contributed by atoms with Gasteiger partial charge in [0.05, 0.1) is 0 Å². The summed E-state index contributed by atoms with van der Waals surface area (Å²) in [6.07, 6.45) is 5.27. The molecule has 6 nitrogen and oxygen atoms in total. The van der Waals surface area contributed by atoms with Crippen molar-refractivity contribution in [3.8, 4) is 0 Å². The van der Waals surface area contributed by atoms with E-state index < -0.39 is 5.54 Å². The number of hydrogen-bond acceptors (Lipinski definition) is 5. The molecule has 4 N–H and O–H groups in total. The van der Waals surface area contributed by atoms with E-state index in [2.05, 4.69) is 5.43 Å². The molecule has 2 rings (SSSR count). The predicted molar refractivity (Wildman–Crippen MR) is 58.0 cm³/mol. The zero-order valence-corrected chi connectivity index (χ0v) is 9.39. The van der Waals surface area contributed by atoms with Crippen LogP contribution in [0.25, 0.3) is 0 Å². The topological polar surface area (TPSA) is 81.8 Å². The summed E-state index contributed by atoms with van der Waals surface area (Å²) in [4.78, 5) is 11.7. The average molecular weight is 226 g/mol. The second-order valence-corrected chi connectivity index (χ2v) is 4.46. The average Bonchev–Trinajstić information content (AvgIpc) is 2.61. The van der Waals surface area contributed by atoms with E-state index in [0.29, 0.717) is 13.1 Å². The highest BCUT2D eigenvalue weighted by Gasteiger charge is 2.49. The highest BCUT2D eigenvalue weighted by Crippen LogP contribution is 2.33. The molecule has 2 unspecified atom stereocenters. The summed E-state index contributed by atoms with van der Waals surface area (Å²) in [7, 11) is 1.79. The number of piperidine rings is 1. The molecule has 6 heteroatoms. The van der Waals surface area contributed by atoms with Crippen LogP contribution in [0.15, 0.2) is 12.3 Å². The zero-order chi connectivity index (χ0) is 11.8. The van der Waals surface area contributed by atoms with Crippen LogP contribution in [0.5, 0.6) is 0 Å². The molecule has 2 aliphatic rings. The number of rotatable bonds is 2. The molecule has 16 heavy (non-hydrogen) atoms. The number of nitrogens with zero attached hydrogens (tertiary/aromatic N) is 2. The molecule has 90 valence electrons. The first-order chi connectivity index (χ1) is 7.57. The Balaban J connectivity index is 2.25. The number of nitrogens with two attached hydrogens (primary N) is 1. The quantitative estimate of drug-likeness (QED) is 0.578. The maximum absolute atomic E-state index is 11.7. The van der Waals surface area contributed by atoms with Crippen molar-refractivity contribution in [2.24, 2.45) is 11.7 Å². The Morgan fingerprint density at radius 3 is 2.94 bits per heavy atom. The van der Waals surface area contributed by atoms with E-state index in [0.717, 1.165) is 12.8 Å². The number of carbonyl (C=O) groups excluding carboxylic acids is 1. The van der Waals surface area contributed by atoms with Gasteiger partial charge in [-0.2, -0.15) is 5.06 Å². The molecule has 0 aromatic heterocycles. The lowest BCUT2D eigenvalue weighted by Gasteiger charge is -2.42. The second kappa shape index (κ2) is 4.04. The molecule has 2 heterocycles. The van der Waals surface area contributed by atoms with Gasteiger partial charge in [-0.25, -0.2) is 5.01 Å². The monoisotopic (exact) mass is 226 g/mol. The van der Waals surface area contributed by atoms with E-state index in [1.54, 1.807) is 24.3 Å². The van der Waals surface area contributed by atoms with Crippen molar-refractivity contribution >= 4 is 5.91 Å². The summed E-state index contributed by atoms with van der Waals surface area (Å²) in [5.74, 6) is -0.364. The van der Waals surface area contributed by atoms with Gasteiger partial charge in [0.15, 0.2) is 0 Å². The smallest absolute Gasteiger partial charge is 0.244 e. The molecule has 1 amide bonds. The zero-order valence-electron chi connectivity index (χ0n) is 9.39. The third-order valence-electron chi connectivity index (χ3n) is 3.58. The molecule has 0 aromatic carbocycles. The van der Waals surface area contributed by atoms with E-state index in [-0.39, 0.29) is 11.8 Å². The van der Waals surface area contributed by atoms with E-state index in [9.17, 15) is 10.0 Å². The summed E-state index contributed by atoms with van der Waals surface area (Å²) in [6.45, 7) is 1.13. The molecular weight excluding hydrogens is 208 g/mol. The first-order valence-corrected chi connectivity index (χ1v) is 5.49. The standard InChI is InChI=1S/C10H18N4O2/c1-13-10(9(11)15,4-5-12-13)8-3-2-6-14(16)7-8/h4-5,8,12,16H,2-3,6-7H2,1H3,(H2,11,15). The van der Waals surface area contributed by atoms with Crippen LogP contribution in [-0.4, -0.2) is 46.9 Å². The normalized spacial score (nSPS) is 36.2. The van der Waals surface area contributed by atoms with Gasteiger partial charge in [0.2, 0.25) is 5.91 Å². The Kier molecular flexibility index (Phi) is 2.88. The molecular formula is C10H18N4O2. The Bertz CT molecular complexity index is 320. The number of primary amides is 1. The highest BCUT2D eigenvalue weighted by molar-refractivity contribution is 5.88. The van der Waals surface area contributed by atoms with Crippen molar-refractivity contribution in [1.29, 1.82) is 0 Å². The van der Waals surface area contributed by atoms with Crippen molar-refractivity contribution in [2.75, 3.05) is 20.1 Å². The number of hydrazine groups is 1. The van der Waals surface area contributed by atoms with Crippen LogP contribution in [0, 0.1) is 5.92 Å². The van der Waals surface area contributed by atoms with Gasteiger partial charge in [-0.3, -0.25) is 4.79 Å². The van der Waals surface area contributed by atoms with Crippen LogP contribution in [0.1, 0.15) is 12.8 Å². The maximum Gasteiger partial charge on any atom is 0.244 e. The fraction of sp³-hybridized carbons (Fsp3) is 0.700. The van der Waals surface area contributed by atoms with Gasteiger partial charge in [0, 0.05) is 32.3 Å². The lowest BCUT2D eigenvalue weighted by atomic mass is 9.78. The van der Waals surface area contributed by atoms with Crippen LogP contribution >= 0.6 is 0 Å². The predicted octanol–water partition coefficient (Wildman–Crippen LogP) is -0.725. The van der Waals surface area contributed by atoms with Crippen molar-refractivity contribution < 1.29 is 10.0 Å². The second-order valence-electron chi connectivity index (χ2n) is 4.46. The summed E-state index contributed by atoms with van der Waals surface area (Å²) in [5.41, 5.74) is 7.67. The first-order valence-electron chi connectivity index (χ1n) is 5.49.